The number of aromatic amines is 1. The number of hydrogen-bond donors (Lipinski definition) is 1. The Morgan fingerprint density at radius 3 is 3.00 bits per heavy atom. The first kappa shape index (κ1) is 9.62. The fourth-order valence-electron chi connectivity index (χ4n) is 1.24. The van der Waals surface area contributed by atoms with E-state index in [1.165, 1.54) is 17.7 Å². The maximum absolute atomic E-state index is 11.3. The topological polar surface area (TPSA) is 69.5 Å². The van der Waals surface area contributed by atoms with Gasteiger partial charge in [-0.15, -0.1) is 11.3 Å². The number of nitriles is 1. The molecule has 0 saturated carbocycles. The lowest BCUT2D eigenvalue weighted by molar-refractivity contribution is 1.09. The van der Waals surface area contributed by atoms with E-state index < -0.39 is 0 Å². The molecule has 74 valence electrons. The van der Waals surface area contributed by atoms with Gasteiger partial charge in [-0.05, 0) is 19.1 Å². The summed E-state index contributed by atoms with van der Waals surface area (Å²) in [7, 11) is 0. The molecule has 0 aliphatic heterocycles. The third-order valence-electron chi connectivity index (χ3n) is 2.03. The Hall–Kier alpha value is -1.93. The third kappa shape index (κ3) is 1.67. The predicted molar refractivity (Wildman–Crippen MR) is 57.6 cm³/mol. The minimum absolute atomic E-state index is 0.146. The Bertz CT molecular complexity index is 591. The van der Waals surface area contributed by atoms with Crippen LogP contribution >= 0.6 is 11.3 Å². The van der Waals surface area contributed by atoms with Gasteiger partial charge < -0.3 is 4.98 Å². The van der Waals surface area contributed by atoms with Gasteiger partial charge >= 0.3 is 0 Å². The molecule has 0 fully saturated rings. The van der Waals surface area contributed by atoms with Crippen molar-refractivity contribution in [2.24, 2.45) is 0 Å². The lowest BCUT2D eigenvalue weighted by Crippen LogP contribution is -2.10. The van der Waals surface area contributed by atoms with Crippen molar-refractivity contribution in [3.05, 3.63) is 39.3 Å². The summed E-state index contributed by atoms with van der Waals surface area (Å²) in [6.45, 7) is 1.72. The van der Waals surface area contributed by atoms with E-state index in [1.54, 1.807) is 19.1 Å². The summed E-state index contributed by atoms with van der Waals surface area (Å²) in [5.74, 6) is 0. The second-order valence-corrected chi connectivity index (χ2v) is 4.06. The maximum atomic E-state index is 11.3. The highest BCUT2D eigenvalue weighted by Crippen LogP contribution is 2.26. The van der Waals surface area contributed by atoms with E-state index in [0.717, 1.165) is 4.88 Å². The summed E-state index contributed by atoms with van der Waals surface area (Å²) in [6.07, 6.45) is 1.37. The molecule has 1 N–H and O–H groups in total. The van der Waals surface area contributed by atoms with Gasteiger partial charge in [0.25, 0.3) is 5.56 Å². The summed E-state index contributed by atoms with van der Waals surface area (Å²) in [5, 5.41) is 8.69. The fraction of sp³-hybridized carbons (Fsp3) is 0.100. The fourth-order valence-corrected chi connectivity index (χ4v) is 2.10. The van der Waals surface area contributed by atoms with Crippen molar-refractivity contribution in [3.8, 4) is 16.6 Å². The van der Waals surface area contributed by atoms with Crippen LogP contribution in [-0.2, 0) is 0 Å². The highest BCUT2D eigenvalue weighted by molar-refractivity contribution is 7.16. The van der Waals surface area contributed by atoms with E-state index >= 15 is 0 Å². The SMILES string of the molecule is Cc1c(-c2ccc(C#N)s2)nc[nH]c1=O. The van der Waals surface area contributed by atoms with Gasteiger partial charge in [0.05, 0.1) is 16.9 Å². The highest BCUT2D eigenvalue weighted by atomic mass is 32.1. The first-order valence-corrected chi connectivity index (χ1v) is 5.08. The van der Waals surface area contributed by atoms with Crippen LogP contribution in [0.25, 0.3) is 10.6 Å². The zero-order valence-corrected chi connectivity index (χ0v) is 8.76. The van der Waals surface area contributed by atoms with Crippen molar-refractivity contribution in [1.29, 1.82) is 5.26 Å². The highest BCUT2D eigenvalue weighted by Gasteiger charge is 2.08. The maximum Gasteiger partial charge on any atom is 0.254 e. The predicted octanol–water partition coefficient (Wildman–Crippen LogP) is 1.68. The van der Waals surface area contributed by atoms with Crippen LogP contribution in [0.2, 0.25) is 0 Å². The lowest BCUT2D eigenvalue weighted by Gasteiger charge is -1.98. The first-order chi connectivity index (χ1) is 7.22. The number of nitrogens with zero attached hydrogens (tertiary/aromatic N) is 2. The smallest absolute Gasteiger partial charge is 0.254 e. The number of thiophene rings is 1. The number of nitrogens with one attached hydrogen (secondary N) is 1. The molecule has 0 aromatic carbocycles. The van der Waals surface area contributed by atoms with Crippen LogP contribution in [-0.4, -0.2) is 9.97 Å². The molecule has 0 aliphatic carbocycles. The van der Waals surface area contributed by atoms with Gasteiger partial charge in [-0.25, -0.2) is 4.98 Å². The van der Waals surface area contributed by atoms with E-state index in [4.69, 9.17) is 5.26 Å². The van der Waals surface area contributed by atoms with Gasteiger partial charge in [0.2, 0.25) is 0 Å². The van der Waals surface area contributed by atoms with Crippen molar-refractivity contribution >= 4 is 11.3 Å². The molecule has 0 bridgehead atoms. The average molecular weight is 217 g/mol. The van der Waals surface area contributed by atoms with Crippen LogP contribution in [0.4, 0.5) is 0 Å². The number of hydrogen-bond acceptors (Lipinski definition) is 4. The van der Waals surface area contributed by atoms with E-state index in [0.29, 0.717) is 16.1 Å². The average Bonchev–Trinajstić information content (AvgIpc) is 2.70. The molecular weight excluding hydrogens is 210 g/mol. The number of aromatic nitrogens is 2. The molecule has 0 spiro atoms. The van der Waals surface area contributed by atoms with Crippen molar-refractivity contribution in [2.75, 3.05) is 0 Å². The Morgan fingerprint density at radius 2 is 2.33 bits per heavy atom. The normalized spacial score (nSPS) is 9.87. The van der Waals surface area contributed by atoms with Gasteiger partial charge in [-0.1, -0.05) is 0 Å². The zero-order valence-electron chi connectivity index (χ0n) is 7.94. The molecule has 2 aromatic rings. The Balaban J connectivity index is 2.60. The van der Waals surface area contributed by atoms with Crippen molar-refractivity contribution in [2.45, 2.75) is 6.92 Å². The summed E-state index contributed by atoms with van der Waals surface area (Å²) in [6, 6.07) is 5.58. The van der Waals surface area contributed by atoms with Gasteiger partial charge in [0, 0.05) is 5.56 Å². The molecule has 0 radical (unpaired) electrons. The Morgan fingerprint density at radius 1 is 1.53 bits per heavy atom. The molecule has 2 rings (SSSR count). The van der Waals surface area contributed by atoms with Crippen LogP contribution in [0.1, 0.15) is 10.4 Å². The molecule has 0 saturated heterocycles. The minimum Gasteiger partial charge on any atom is -0.313 e. The summed E-state index contributed by atoms with van der Waals surface area (Å²) >= 11 is 1.33. The van der Waals surface area contributed by atoms with Crippen LogP contribution in [0.15, 0.2) is 23.3 Å². The molecule has 0 atom stereocenters. The lowest BCUT2D eigenvalue weighted by atomic mass is 10.2. The quantitative estimate of drug-likeness (QED) is 0.790. The van der Waals surface area contributed by atoms with Crippen molar-refractivity contribution in [1.82, 2.24) is 9.97 Å². The summed E-state index contributed by atoms with van der Waals surface area (Å²) < 4.78 is 0. The van der Waals surface area contributed by atoms with Crippen LogP contribution in [0.5, 0.6) is 0 Å². The summed E-state index contributed by atoms with van der Waals surface area (Å²) in [5.41, 5.74) is 1.07. The standard InChI is InChI=1S/C10H7N3OS/c1-6-9(12-5-13-10(6)14)8-3-2-7(4-11)15-8/h2-3,5H,1H3,(H,12,13,14). The second-order valence-electron chi connectivity index (χ2n) is 2.98. The van der Waals surface area contributed by atoms with E-state index in [2.05, 4.69) is 16.0 Å². The molecule has 2 heterocycles. The van der Waals surface area contributed by atoms with Crippen LogP contribution in [0.3, 0.4) is 0 Å². The monoisotopic (exact) mass is 217 g/mol. The molecule has 2 aromatic heterocycles. The number of rotatable bonds is 1. The second kappa shape index (κ2) is 3.67. The third-order valence-corrected chi connectivity index (χ3v) is 3.03. The molecule has 5 heteroatoms. The van der Waals surface area contributed by atoms with E-state index in [-0.39, 0.29) is 5.56 Å². The van der Waals surface area contributed by atoms with Crippen LogP contribution in [0, 0.1) is 18.3 Å². The van der Waals surface area contributed by atoms with Gasteiger partial charge in [0.1, 0.15) is 10.9 Å². The van der Waals surface area contributed by atoms with Crippen molar-refractivity contribution in [3.63, 3.8) is 0 Å². The Labute approximate surface area is 89.9 Å². The molecule has 0 amide bonds. The minimum atomic E-state index is -0.146. The van der Waals surface area contributed by atoms with Gasteiger partial charge in [0.15, 0.2) is 0 Å². The molecule has 0 aliphatic rings. The van der Waals surface area contributed by atoms with Crippen molar-refractivity contribution < 1.29 is 0 Å². The zero-order chi connectivity index (χ0) is 10.8. The first-order valence-electron chi connectivity index (χ1n) is 4.27. The Kier molecular flexibility index (Phi) is 2.35. The van der Waals surface area contributed by atoms with E-state index in [1.807, 2.05) is 0 Å². The van der Waals surface area contributed by atoms with Crippen LogP contribution < -0.4 is 5.56 Å². The molecular formula is C10H7N3OS. The molecule has 4 nitrogen and oxygen atoms in total. The van der Waals surface area contributed by atoms with Gasteiger partial charge in [-0.3, -0.25) is 4.79 Å². The largest absolute Gasteiger partial charge is 0.313 e. The van der Waals surface area contributed by atoms with E-state index in [9.17, 15) is 4.79 Å². The summed E-state index contributed by atoms with van der Waals surface area (Å²) in [4.78, 5) is 19.4. The van der Waals surface area contributed by atoms with Gasteiger partial charge in [-0.2, -0.15) is 5.26 Å². The molecule has 15 heavy (non-hydrogen) atoms. The molecule has 0 unspecified atom stereocenters. The number of H-pyrrole nitrogens is 1.